The number of hydrogen-bond acceptors (Lipinski definition) is 6. The number of nitrogens with zero attached hydrogens (tertiary/aromatic N) is 2. The molecular formula is C25H24N2O4S. The van der Waals surface area contributed by atoms with Crippen LogP contribution >= 0.6 is 11.3 Å². The molecule has 1 aromatic heterocycles. The summed E-state index contributed by atoms with van der Waals surface area (Å²) in [5.41, 5.74) is 2.15. The Kier molecular flexibility index (Phi) is 6.56. The van der Waals surface area contributed by atoms with E-state index < -0.39 is 0 Å². The summed E-state index contributed by atoms with van der Waals surface area (Å²) >= 11 is 1.45. The van der Waals surface area contributed by atoms with Gasteiger partial charge in [-0.15, -0.1) is 0 Å². The Balaban J connectivity index is 1.82. The summed E-state index contributed by atoms with van der Waals surface area (Å²) in [4.78, 5) is 20.3. The highest BCUT2D eigenvalue weighted by Gasteiger charge is 2.25. The molecular weight excluding hydrogens is 424 g/mol. The molecule has 4 rings (SSSR count). The molecule has 4 aromatic rings. The number of thiazole rings is 1. The number of methoxy groups -OCH3 is 2. The van der Waals surface area contributed by atoms with Gasteiger partial charge in [0.15, 0.2) is 5.13 Å². The lowest BCUT2D eigenvalue weighted by Crippen LogP contribution is -2.30. The van der Waals surface area contributed by atoms with Crippen LogP contribution < -0.4 is 19.1 Å². The van der Waals surface area contributed by atoms with Crippen LogP contribution in [-0.2, 0) is 6.54 Å². The minimum absolute atomic E-state index is 0.221. The monoisotopic (exact) mass is 448 g/mol. The Morgan fingerprint density at radius 2 is 1.78 bits per heavy atom. The second-order valence-corrected chi connectivity index (χ2v) is 7.98. The Labute approximate surface area is 191 Å². The lowest BCUT2D eigenvalue weighted by Gasteiger charge is -2.21. The van der Waals surface area contributed by atoms with Gasteiger partial charge in [-0.05, 0) is 42.8 Å². The molecule has 0 N–H and O–H groups in total. The maximum Gasteiger partial charge on any atom is 0.264 e. The highest BCUT2D eigenvalue weighted by atomic mass is 32.1. The van der Waals surface area contributed by atoms with Crippen molar-refractivity contribution in [3.63, 3.8) is 0 Å². The number of anilines is 1. The zero-order valence-electron chi connectivity index (χ0n) is 18.2. The van der Waals surface area contributed by atoms with E-state index in [0.717, 1.165) is 15.8 Å². The Morgan fingerprint density at radius 3 is 2.50 bits per heavy atom. The maximum absolute atomic E-state index is 13.8. The molecule has 0 aliphatic heterocycles. The van der Waals surface area contributed by atoms with Gasteiger partial charge in [0.2, 0.25) is 0 Å². The molecule has 0 aliphatic rings. The molecule has 0 spiro atoms. The Bertz CT molecular complexity index is 1220. The van der Waals surface area contributed by atoms with E-state index in [1.807, 2.05) is 55.5 Å². The Hall–Kier alpha value is -3.58. The van der Waals surface area contributed by atoms with Gasteiger partial charge in [0.05, 0.1) is 37.6 Å². The van der Waals surface area contributed by atoms with Crippen LogP contribution in [0.25, 0.3) is 10.2 Å². The van der Waals surface area contributed by atoms with Crippen LogP contribution in [0.15, 0.2) is 66.7 Å². The van der Waals surface area contributed by atoms with E-state index in [-0.39, 0.29) is 5.91 Å². The van der Waals surface area contributed by atoms with Crippen molar-refractivity contribution in [2.24, 2.45) is 0 Å². The summed E-state index contributed by atoms with van der Waals surface area (Å²) in [6.45, 7) is 2.84. The molecule has 0 saturated carbocycles. The molecule has 0 bridgehead atoms. The van der Waals surface area contributed by atoms with Crippen molar-refractivity contribution in [3.05, 3.63) is 77.9 Å². The van der Waals surface area contributed by atoms with E-state index >= 15 is 0 Å². The number of amides is 1. The molecule has 0 aliphatic carbocycles. The van der Waals surface area contributed by atoms with Crippen molar-refractivity contribution in [3.8, 4) is 17.2 Å². The molecule has 0 saturated heterocycles. The average Bonchev–Trinajstić information content (AvgIpc) is 3.27. The quantitative estimate of drug-likeness (QED) is 0.353. The normalized spacial score (nSPS) is 10.7. The average molecular weight is 449 g/mol. The number of para-hydroxylation sites is 1. The number of carbonyl (C=O) groups is 1. The lowest BCUT2D eigenvalue weighted by atomic mass is 10.1. The number of hydrogen-bond donors (Lipinski definition) is 0. The third-order valence-electron chi connectivity index (χ3n) is 4.97. The van der Waals surface area contributed by atoms with Crippen LogP contribution in [-0.4, -0.2) is 31.7 Å². The van der Waals surface area contributed by atoms with Gasteiger partial charge < -0.3 is 14.2 Å². The van der Waals surface area contributed by atoms with Crippen LogP contribution in [0.4, 0.5) is 5.13 Å². The van der Waals surface area contributed by atoms with E-state index in [2.05, 4.69) is 0 Å². The summed E-state index contributed by atoms with van der Waals surface area (Å²) in [6, 6.07) is 20.8. The number of aromatic nitrogens is 1. The highest BCUT2D eigenvalue weighted by molar-refractivity contribution is 7.22. The predicted molar refractivity (Wildman–Crippen MR) is 127 cm³/mol. The first-order chi connectivity index (χ1) is 15.6. The molecule has 0 radical (unpaired) electrons. The highest BCUT2D eigenvalue weighted by Crippen LogP contribution is 2.36. The summed E-state index contributed by atoms with van der Waals surface area (Å²) in [6.07, 6.45) is 0. The summed E-state index contributed by atoms with van der Waals surface area (Å²) in [5.74, 6) is 1.54. The van der Waals surface area contributed by atoms with E-state index in [0.29, 0.717) is 41.1 Å². The van der Waals surface area contributed by atoms with Crippen LogP contribution in [0.2, 0.25) is 0 Å². The van der Waals surface area contributed by atoms with E-state index in [1.54, 1.807) is 37.3 Å². The van der Waals surface area contributed by atoms with E-state index in [9.17, 15) is 4.79 Å². The largest absolute Gasteiger partial charge is 0.497 e. The number of rotatable bonds is 8. The van der Waals surface area contributed by atoms with Crippen LogP contribution in [0.1, 0.15) is 22.8 Å². The van der Waals surface area contributed by atoms with Gasteiger partial charge in [0.25, 0.3) is 5.91 Å². The van der Waals surface area contributed by atoms with Gasteiger partial charge in [-0.3, -0.25) is 9.69 Å². The van der Waals surface area contributed by atoms with Crippen LogP contribution in [0.3, 0.4) is 0 Å². The fourth-order valence-electron chi connectivity index (χ4n) is 3.42. The van der Waals surface area contributed by atoms with Gasteiger partial charge in [0.1, 0.15) is 22.8 Å². The van der Waals surface area contributed by atoms with Gasteiger partial charge in [-0.25, -0.2) is 4.98 Å². The first-order valence-corrected chi connectivity index (χ1v) is 11.1. The van der Waals surface area contributed by atoms with Gasteiger partial charge in [-0.1, -0.05) is 47.7 Å². The third kappa shape index (κ3) is 4.38. The SMILES string of the molecule is CCOc1cccc2sc(N(Cc3ccccc3)C(=O)c3cc(OC)ccc3OC)nc12. The molecule has 0 fully saturated rings. The van der Waals surface area contributed by atoms with Crippen LogP contribution in [0.5, 0.6) is 17.2 Å². The Morgan fingerprint density at radius 1 is 0.969 bits per heavy atom. The first-order valence-electron chi connectivity index (χ1n) is 10.2. The molecule has 3 aromatic carbocycles. The molecule has 1 heterocycles. The van der Waals surface area contributed by atoms with Crippen molar-refractivity contribution in [1.82, 2.24) is 4.98 Å². The van der Waals surface area contributed by atoms with Gasteiger partial charge >= 0.3 is 0 Å². The maximum atomic E-state index is 13.8. The fourth-order valence-corrected chi connectivity index (χ4v) is 4.40. The minimum atomic E-state index is -0.221. The van der Waals surface area contributed by atoms with Gasteiger partial charge in [0, 0.05) is 0 Å². The molecule has 32 heavy (non-hydrogen) atoms. The summed E-state index contributed by atoms with van der Waals surface area (Å²) in [7, 11) is 3.12. The van der Waals surface area contributed by atoms with E-state index in [1.165, 1.54) is 11.3 Å². The van der Waals surface area contributed by atoms with Crippen molar-refractivity contribution in [2.45, 2.75) is 13.5 Å². The molecule has 1 amide bonds. The van der Waals surface area contributed by atoms with Crippen LogP contribution in [0, 0.1) is 0 Å². The number of carbonyl (C=O) groups excluding carboxylic acids is 1. The lowest BCUT2D eigenvalue weighted by molar-refractivity contribution is 0.0982. The molecule has 7 heteroatoms. The van der Waals surface area contributed by atoms with Crippen molar-refractivity contribution >= 4 is 32.6 Å². The van der Waals surface area contributed by atoms with Gasteiger partial charge in [-0.2, -0.15) is 0 Å². The van der Waals surface area contributed by atoms with Crippen molar-refractivity contribution < 1.29 is 19.0 Å². The first kappa shape index (κ1) is 21.6. The van der Waals surface area contributed by atoms with E-state index in [4.69, 9.17) is 19.2 Å². The topological polar surface area (TPSA) is 60.9 Å². The number of fused-ring (bicyclic) bond motifs is 1. The van der Waals surface area contributed by atoms with Crippen molar-refractivity contribution in [1.29, 1.82) is 0 Å². The number of ether oxygens (including phenoxy) is 3. The predicted octanol–water partition coefficient (Wildman–Crippen LogP) is 5.56. The zero-order chi connectivity index (χ0) is 22.5. The summed E-state index contributed by atoms with van der Waals surface area (Å²) < 4.78 is 17.5. The second-order valence-electron chi connectivity index (χ2n) is 6.98. The zero-order valence-corrected chi connectivity index (χ0v) is 19.0. The standard InChI is InChI=1S/C25H24N2O4S/c1-4-31-21-11-8-12-22-23(21)26-25(32-22)27(16-17-9-6-5-7-10-17)24(28)19-15-18(29-2)13-14-20(19)30-3/h5-15H,4,16H2,1-3H3. The molecule has 0 atom stereocenters. The fraction of sp³-hybridized carbons (Fsp3) is 0.200. The molecule has 0 unspecified atom stereocenters. The minimum Gasteiger partial charge on any atom is -0.497 e. The smallest absolute Gasteiger partial charge is 0.264 e. The molecule has 164 valence electrons. The third-order valence-corrected chi connectivity index (χ3v) is 6.01. The summed E-state index contributed by atoms with van der Waals surface area (Å²) in [5, 5.41) is 0.589. The van der Waals surface area contributed by atoms with Crippen molar-refractivity contribution in [2.75, 3.05) is 25.7 Å². The molecule has 6 nitrogen and oxygen atoms in total. The number of benzene rings is 3. The second kappa shape index (κ2) is 9.70.